The highest BCUT2D eigenvalue weighted by molar-refractivity contribution is 5.86. The molecular formula is C48H69NO4. The molecule has 3 atom stereocenters. The maximum atomic E-state index is 14.0. The lowest BCUT2D eigenvalue weighted by Crippen LogP contribution is -2.55. The molecule has 290 valence electrons. The van der Waals surface area contributed by atoms with Gasteiger partial charge in [-0.2, -0.15) is 0 Å². The fraction of sp³-hybridized carbons (Fsp3) is 0.542. The molecule has 0 aromatic heterocycles. The van der Waals surface area contributed by atoms with Gasteiger partial charge in [0, 0.05) is 0 Å². The van der Waals surface area contributed by atoms with Crippen molar-refractivity contribution in [2.45, 2.75) is 148 Å². The fourth-order valence-corrected chi connectivity index (χ4v) is 7.41. The van der Waals surface area contributed by atoms with Crippen molar-refractivity contribution in [2.75, 3.05) is 6.61 Å². The van der Waals surface area contributed by atoms with Gasteiger partial charge < -0.3 is 9.84 Å². The number of carbonyl (C=O) groups excluding carboxylic acids is 2. The van der Waals surface area contributed by atoms with Crippen LogP contribution in [0.2, 0.25) is 0 Å². The summed E-state index contributed by atoms with van der Waals surface area (Å²) in [7, 11) is 0. The molecule has 5 heteroatoms. The fourth-order valence-electron chi connectivity index (χ4n) is 7.41. The monoisotopic (exact) mass is 724 g/mol. The number of unbranched alkanes of at least 4 members (excludes halogenated alkanes) is 14. The number of Topliss-reactive ketones (excluding diaryl/α,β-unsaturated/α-hetero) is 1. The number of ether oxygens (including phenoxy) is 1. The van der Waals surface area contributed by atoms with Gasteiger partial charge in [0.25, 0.3) is 0 Å². The summed E-state index contributed by atoms with van der Waals surface area (Å²) in [5.41, 5.74) is 2.14. The molecule has 3 aromatic rings. The molecular weight excluding hydrogens is 655 g/mol. The molecule has 3 aromatic carbocycles. The Balaban J connectivity index is 1.53. The minimum Gasteiger partial charge on any atom is -0.464 e. The van der Waals surface area contributed by atoms with E-state index in [0.717, 1.165) is 36.0 Å². The Bertz CT molecular complexity index is 1310. The van der Waals surface area contributed by atoms with Crippen molar-refractivity contribution in [1.29, 1.82) is 0 Å². The summed E-state index contributed by atoms with van der Waals surface area (Å²) in [4.78, 5) is 27.4. The van der Waals surface area contributed by atoms with Gasteiger partial charge in [-0.3, -0.25) is 14.9 Å². The molecule has 0 fully saturated rings. The van der Waals surface area contributed by atoms with Gasteiger partial charge >= 0.3 is 5.97 Å². The normalized spacial score (nSPS) is 13.4. The van der Waals surface area contributed by atoms with E-state index in [2.05, 4.69) is 55.2 Å². The Hall–Kier alpha value is -3.54. The predicted molar refractivity (Wildman–Crippen MR) is 221 cm³/mol. The quantitative estimate of drug-likeness (QED) is 0.0323. The maximum Gasteiger partial charge on any atom is 0.323 e. The number of esters is 1. The van der Waals surface area contributed by atoms with Crippen LogP contribution in [-0.4, -0.2) is 35.6 Å². The van der Waals surface area contributed by atoms with Crippen molar-refractivity contribution in [1.82, 2.24) is 5.32 Å². The second-order valence-electron chi connectivity index (χ2n) is 15.2. The summed E-state index contributed by atoms with van der Waals surface area (Å²) in [6, 6.07) is 29.8. The van der Waals surface area contributed by atoms with Crippen LogP contribution in [-0.2, 0) is 19.9 Å². The smallest absolute Gasteiger partial charge is 0.323 e. The minimum atomic E-state index is -1.07. The molecule has 0 aliphatic rings. The first-order valence-corrected chi connectivity index (χ1v) is 20.8. The van der Waals surface area contributed by atoms with Gasteiger partial charge in [-0.15, -0.1) is 6.58 Å². The molecule has 0 saturated heterocycles. The second kappa shape index (κ2) is 25.5. The molecule has 0 heterocycles. The molecule has 0 bridgehead atoms. The number of benzene rings is 3. The Morgan fingerprint density at radius 2 is 1.08 bits per heavy atom. The standard InChI is InChI=1S/C48H69NO4/c1-5-7-8-9-10-11-12-13-14-15-16-17-18-19-29-37-44(50)46(51)40(30-6-2)38-53-47(52)45(39(3)4)49-48(41-31-23-20-24-32-41,42-33-25-21-26-34-42)43-35-27-22-28-36-43/h6,20-28,31-36,39-40,44-45,49-50H,2,5,7-19,29-30,37-38H2,1,3-4H3/t40?,44?,45-/m0/s1. The molecule has 0 aliphatic carbocycles. The second-order valence-corrected chi connectivity index (χ2v) is 15.2. The maximum absolute atomic E-state index is 14.0. The number of aliphatic hydroxyl groups excluding tert-OH is 1. The third kappa shape index (κ3) is 14.7. The molecule has 0 spiro atoms. The van der Waals surface area contributed by atoms with Crippen LogP contribution in [0, 0.1) is 11.8 Å². The van der Waals surface area contributed by atoms with Crippen LogP contribution >= 0.6 is 0 Å². The minimum absolute atomic E-state index is 0.0977. The van der Waals surface area contributed by atoms with E-state index in [1.807, 2.05) is 68.4 Å². The van der Waals surface area contributed by atoms with E-state index in [-0.39, 0.29) is 18.3 Å². The zero-order valence-electron chi connectivity index (χ0n) is 33.2. The SMILES string of the molecule is C=CCC(COC(=O)[C@@H](NC(c1ccccc1)(c1ccccc1)c1ccccc1)C(C)C)C(=O)C(O)CCCCCCCCCCCCCCCCC. The third-order valence-electron chi connectivity index (χ3n) is 10.6. The summed E-state index contributed by atoms with van der Waals surface area (Å²) in [5.74, 6) is -1.46. The first-order valence-electron chi connectivity index (χ1n) is 20.8. The van der Waals surface area contributed by atoms with Gasteiger partial charge in [0.1, 0.15) is 18.8 Å². The van der Waals surface area contributed by atoms with E-state index in [0.29, 0.717) is 12.8 Å². The van der Waals surface area contributed by atoms with E-state index in [1.165, 1.54) is 77.0 Å². The van der Waals surface area contributed by atoms with Gasteiger partial charge in [0.15, 0.2) is 5.78 Å². The van der Waals surface area contributed by atoms with Crippen molar-refractivity contribution in [2.24, 2.45) is 11.8 Å². The Kier molecular flexibility index (Phi) is 21.1. The van der Waals surface area contributed by atoms with Crippen LogP contribution in [0.15, 0.2) is 104 Å². The summed E-state index contributed by atoms with van der Waals surface area (Å²) in [6.07, 6.45) is 20.4. The summed E-state index contributed by atoms with van der Waals surface area (Å²) in [5, 5.41) is 14.6. The van der Waals surface area contributed by atoms with Crippen molar-refractivity contribution in [3.63, 3.8) is 0 Å². The molecule has 2 unspecified atom stereocenters. The van der Waals surface area contributed by atoms with Crippen LogP contribution in [0.1, 0.15) is 147 Å². The average Bonchev–Trinajstić information content (AvgIpc) is 3.19. The van der Waals surface area contributed by atoms with Gasteiger partial charge in [-0.1, -0.05) is 214 Å². The lowest BCUT2D eigenvalue weighted by atomic mass is 9.76. The number of nitrogens with one attached hydrogen (secondary N) is 1. The number of allylic oxidation sites excluding steroid dienone is 1. The lowest BCUT2D eigenvalue weighted by Gasteiger charge is -2.40. The van der Waals surface area contributed by atoms with Crippen molar-refractivity contribution < 1.29 is 19.4 Å². The summed E-state index contributed by atoms with van der Waals surface area (Å²) >= 11 is 0. The highest BCUT2D eigenvalue weighted by Gasteiger charge is 2.41. The number of hydrogen-bond acceptors (Lipinski definition) is 5. The van der Waals surface area contributed by atoms with E-state index >= 15 is 0 Å². The Morgan fingerprint density at radius 1 is 0.679 bits per heavy atom. The van der Waals surface area contributed by atoms with E-state index in [4.69, 9.17) is 4.74 Å². The van der Waals surface area contributed by atoms with Crippen LogP contribution in [0.5, 0.6) is 0 Å². The van der Waals surface area contributed by atoms with E-state index in [9.17, 15) is 14.7 Å². The lowest BCUT2D eigenvalue weighted by molar-refractivity contribution is -0.151. The molecule has 2 N–H and O–H groups in total. The average molecular weight is 724 g/mol. The number of aliphatic hydroxyl groups is 1. The van der Waals surface area contributed by atoms with Gasteiger partial charge in [0.2, 0.25) is 0 Å². The Labute approximate surface area is 322 Å². The number of ketones is 1. The first-order chi connectivity index (χ1) is 25.8. The van der Waals surface area contributed by atoms with Gasteiger partial charge in [-0.05, 0) is 35.4 Å². The summed E-state index contributed by atoms with van der Waals surface area (Å²) < 4.78 is 5.95. The largest absolute Gasteiger partial charge is 0.464 e. The highest BCUT2D eigenvalue weighted by Crippen LogP contribution is 2.38. The number of hydrogen-bond donors (Lipinski definition) is 2. The topological polar surface area (TPSA) is 75.6 Å². The summed E-state index contributed by atoms with van der Waals surface area (Å²) in [6.45, 7) is 10.0. The van der Waals surface area contributed by atoms with Crippen LogP contribution < -0.4 is 5.32 Å². The molecule has 0 saturated carbocycles. The van der Waals surface area contributed by atoms with Crippen molar-refractivity contribution in [3.05, 3.63) is 120 Å². The van der Waals surface area contributed by atoms with Gasteiger partial charge in [0.05, 0.1) is 11.5 Å². The van der Waals surface area contributed by atoms with Crippen LogP contribution in [0.4, 0.5) is 0 Å². The highest BCUT2D eigenvalue weighted by atomic mass is 16.5. The van der Waals surface area contributed by atoms with Crippen LogP contribution in [0.25, 0.3) is 0 Å². The van der Waals surface area contributed by atoms with Crippen LogP contribution in [0.3, 0.4) is 0 Å². The third-order valence-corrected chi connectivity index (χ3v) is 10.6. The first kappa shape index (κ1) is 43.9. The molecule has 5 nitrogen and oxygen atoms in total. The molecule has 0 radical (unpaired) electrons. The molecule has 53 heavy (non-hydrogen) atoms. The van der Waals surface area contributed by atoms with Crippen molar-refractivity contribution in [3.8, 4) is 0 Å². The molecule has 3 rings (SSSR count). The van der Waals surface area contributed by atoms with E-state index < -0.39 is 29.6 Å². The zero-order valence-corrected chi connectivity index (χ0v) is 33.2. The predicted octanol–water partition coefficient (Wildman–Crippen LogP) is 11.5. The zero-order chi connectivity index (χ0) is 38.2. The molecule has 0 amide bonds. The number of carbonyl (C=O) groups is 2. The van der Waals surface area contributed by atoms with Gasteiger partial charge in [-0.25, -0.2) is 0 Å². The van der Waals surface area contributed by atoms with Crippen molar-refractivity contribution >= 4 is 11.8 Å². The van der Waals surface area contributed by atoms with E-state index in [1.54, 1.807) is 6.08 Å². The molecule has 0 aliphatic heterocycles. The Morgan fingerprint density at radius 3 is 1.45 bits per heavy atom. The number of rotatable bonds is 29.